The number of nitrogens with zero attached hydrogens (tertiary/aromatic N) is 1. The van der Waals surface area contributed by atoms with Gasteiger partial charge in [0.25, 0.3) is 0 Å². The Bertz CT molecular complexity index is 568. The molecule has 0 aliphatic heterocycles. The molecule has 0 saturated heterocycles. The Kier molecular flexibility index (Phi) is 6.17. The maximum atomic E-state index is 11.8. The molecule has 1 amide bonds. The number of benzene rings is 1. The van der Waals surface area contributed by atoms with Gasteiger partial charge in [-0.1, -0.05) is 12.1 Å². The van der Waals surface area contributed by atoms with Gasteiger partial charge in [0.2, 0.25) is 5.91 Å². The van der Waals surface area contributed by atoms with Crippen molar-refractivity contribution in [2.75, 3.05) is 32.7 Å². The van der Waals surface area contributed by atoms with Crippen LogP contribution >= 0.6 is 0 Å². The molecular formula is C14H21NO5S. The highest BCUT2D eigenvalue weighted by atomic mass is 32.2. The second-order valence-corrected chi connectivity index (χ2v) is 7.20. The van der Waals surface area contributed by atoms with Crippen molar-refractivity contribution in [2.45, 2.75) is 12.5 Å². The van der Waals surface area contributed by atoms with Crippen LogP contribution in [0.2, 0.25) is 0 Å². The number of carbonyl (C=O) groups excluding carboxylic acids is 1. The number of hydrogen-bond acceptors (Lipinski definition) is 5. The van der Waals surface area contributed by atoms with Gasteiger partial charge in [-0.05, 0) is 17.7 Å². The molecule has 1 N–H and O–H groups in total. The number of ether oxygens (including phenoxy) is 1. The van der Waals surface area contributed by atoms with Crippen molar-refractivity contribution < 1.29 is 23.1 Å². The first-order valence-electron chi connectivity index (χ1n) is 6.46. The van der Waals surface area contributed by atoms with E-state index in [1.54, 1.807) is 31.4 Å². The van der Waals surface area contributed by atoms with E-state index in [9.17, 15) is 18.3 Å². The molecule has 1 aromatic carbocycles. The molecule has 0 heterocycles. The monoisotopic (exact) mass is 315 g/mol. The fourth-order valence-electron chi connectivity index (χ4n) is 1.76. The molecule has 118 valence electrons. The average Bonchev–Trinajstić information content (AvgIpc) is 2.43. The van der Waals surface area contributed by atoms with Crippen molar-refractivity contribution in [1.82, 2.24) is 4.90 Å². The highest BCUT2D eigenvalue weighted by Gasteiger charge is 2.16. The number of aliphatic hydroxyl groups is 1. The summed E-state index contributed by atoms with van der Waals surface area (Å²) in [5.74, 6) is 0.186. The van der Waals surface area contributed by atoms with E-state index in [2.05, 4.69) is 0 Å². The van der Waals surface area contributed by atoms with Crippen LogP contribution in [0, 0.1) is 0 Å². The summed E-state index contributed by atoms with van der Waals surface area (Å²) in [6.45, 7) is 0.106. The Morgan fingerprint density at radius 3 is 2.38 bits per heavy atom. The van der Waals surface area contributed by atoms with Crippen molar-refractivity contribution in [3.05, 3.63) is 29.8 Å². The zero-order valence-corrected chi connectivity index (χ0v) is 13.3. The molecular weight excluding hydrogens is 294 g/mol. The van der Waals surface area contributed by atoms with E-state index in [4.69, 9.17) is 4.74 Å². The number of carbonyl (C=O) groups is 1. The van der Waals surface area contributed by atoms with Crippen LogP contribution in [-0.2, 0) is 14.6 Å². The van der Waals surface area contributed by atoms with E-state index in [0.29, 0.717) is 11.3 Å². The Hall–Kier alpha value is -1.60. The van der Waals surface area contributed by atoms with E-state index >= 15 is 0 Å². The number of amides is 1. The van der Waals surface area contributed by atoms with Gasteiger partial charge < -0.3 is 14.7 Å². The number of likely N-dealkylation sites (N-methyl/N-ethyl adjacent to an activating group) is 1. The van der Waals surface area contributed by atoms with Gasteiger partial charge in [-0.15, -0.1) is 0 Å². The molecule has 1 aromatic rings. The molecule has 0 radical (unpaired) electrons. The van der Waals surface area contributed by atoms with Crippen molar-refractivity contribution in [3.63, 3.8) is 0 Å². The van der Waals surface area contributed by atoms with Gasteiger partial charge in [0.15, 0.2) is 0 Å². The van der Waals surface area contributed by atoms with Gasteiger partial charge >= 0.3 is 0 Å². The number of rotatable bonds is 7. The third-order valence-corrected chi connectivity index (χ3v) is 4.01. The first kappa shape index (κ1) is 17.5. The van der Waals surface area contributed by atoms with Gasteiger partial charge in [-0.25, -0.2) is 8.42 Å². The summed E-state index contributed by atoms with van der Waals surface area (Å²) in [5, 5.41) is 10.1. The summed E-state index contributed by atoms with van der Waals surface area (Å²) in [6.07, 6.45) is 0.181. The summed E-state index contributed by atoms with van der Waals surface area (Å²) >= 11 is 0. The Balaban J connectivity index is 2.56. The first-order valence-corrected chi connectivity index (χ1v) is 8.52. The van der Waals surface area contributed by atoms with Gasteiger partial charge in [-0.3, -0.25) is 4.79 Å². The molecule has 6 nitrogen and oxygen atoms in total. The number of hydrogen-bond donors (Lipinski definition) is 1. The number of aliphatic hydroxyl groups excluding tert-OH is 1. The highest BCUT2D eigenvalue weighted by Crippen LogP contribution is 2.18. The molecule has 1 rings (SSSR count). The van der Waals surface area contributed by atoms with Crippen LogP contribution in [0.25, 0.3) is 0 Å². The lowest BCUT2D eigenvalue weighted by molar-refractivity contribution is -0.130. The molecule has 0 bridgehead atoms. The lowest BCUT2D eigenvalue weighted by Gasteiger charge is -2.21. The molecule has 0 spiro atoms. The quantitative estimate of drug-likeness (QED) is 0.797. The van der Waals surface area contributed by atoms with Crippen LogP contribution in [0.3, 0.4) is 0 Å². The van der Waals surface area contributed by atoms with Crippen molar-refractivity contribution in [1.29, 1.82) is 0 Å². The molecule has 1 unspecified atom stereocenters. The second-order valence-electron chi connectivity index (χ2n) is 4.94. The minimum atomic E-state index is -3.16. The first-order chi connectivity index (χ1) is 9.73. The lowest BCUT2D eigenvalue weighted by atomic mass is 10.1. The molecule has 0 aliphatic rings. The SMILES string of the molecule is COc1ccc(C(O)CN(C)C(=O)CCS(C)(=O)=O)cc1. The largest absolute Gasteiger partial charge is 0.497 e. The van der Waals surface area contributed by atoms with E-state index in [-0.39, 0.29) is 24.6 Å². The average molecular weight is 315 g/mol. The number of sulfone groups is 1. The highest BCUT2D eigenvalue weighted by molar-refractivity contribution is 7.90. The van der Waals surface area contributed by atoms with E-state index in [1.807, 2.05) is 0 Å². The molecule has 0 aromatic heterocycles. The summed E-state index contributed by atoms with van der Waals surface area (Å²) in [6, 6.07) is 6.89. The van der Waals surface area contributed by atoms with E-state index in [1.165, 1.54) is 11.9 Å². The molecule has 1 atom stereocenters. The van der Waals surface area contributed by atoms with Crippen LogP contribution in [0.5, 0.6) is 5.75 Å². The second kappa shape index (κ2) is 7.42. The zero-order chi connectivity index (χ0) is 16.0. The topological polar surface area (TPSA) is 83.9 Å². The van der Waals surface area contributed by atoms with Gasteiger partial charge in [-0.2, -0.15) is 0 Å². The molecule has 0 saturated carbocycles. The maximum Gasteiger partial charge on any atom is 0.223 e. The minimum Gasteiger partial charge on any atom is -0.497 e. The standard InChI is InChI=1S/C14H21NO5S/c1-15(14(17)8-9-21(3,18)19)10-13(16)11-4-6-12(20-2)7-5-11/h4-7,13,16H,8-10H2,1-3H3. The summed E-state index contributed by atoms with van der Waals surface area (Å²) in [4.78, 5) is 13.1. The Morgan fingerprint density at radius 1 is 1.33 bits per heavy atom. The van der Waals surface area contributed by atoms with Crippen LogP contribution in [0.4, 0.5) is 0 Å². The molecule has 0 fully saturated rings. The maximum absolute atomic E-state index is 11.8. The van der Waals surface area contributed by atoms with Crippen LogP contribution < -0.4 is 4.74 Å². The van der Waals surface area contributed by atoms with Gasteiger partial charge in [0.05, 0.1) is 25.5 Å². The van der Waals surface area contributed by atoms with Crippen molar-refractivity contribution in [2.24, 2.45) is 0 Å². The smallest absolute Gasteiger partial charge is 0.223 e. The van der Waals surface area contributed by atoms with Crippen LogP contribution in [0.15, 0.2) is 24.3 Å². The van der Waals surface area contributed by atoms with E-state index in [0.717, 1.165) is 6.26 Å². The van der Waals surface area contributed by atoms with Gasteiger partial charge in [0.1, 0.15) is 15.6 Å². The lowest BCUT2D eigenvalue weighted by Crippen LogP contribution is -2.32. The van der Waals surface area contributed by atoms with Gasteiger partial charge in [0, 0.05) is 19.7 Å². The summed E-state index contributed by atoms with van der Waals surface area (Å²) in [5.41, 5.74) is 0.665. The Labute approximate surface area is 125 Å². The molecule has 0 aliphatic carbocycles. The predicted octanol–water partition coefficient (Wildman–Crippen LogP) is 0.622. The fourth-order valence-corrected chi connectivity index (χ4v) is 2.30. The normalized spacial score (nSPS) is 12.8. The third-order valence-electron chi connectivity index (χ3n) is 3.06. The minimum absolute atomic E-state index is 0.0787. The van der Waals surface area contributed by atoms with Crippen LogP contribution in [0.1, 0.15) is 18.1 Å². The zero-order valence-electron chi connectivity index (χ0n) is 12.4. The molecule has 7 heteroatoms. The molecule has 21 heavy (non-hydrogen) atoms. The van der Waals surface area contributed by atoms with Crippen molar-refractivity contribution in [3.8, 4) is 5.75 Å². The fraction of sp³-hybridized carbons (Fsp3) is 0.500. The summed E-state index contributed by atoms with van der Waals surface area (Å²) in [7, 11) is -0.0707. The Morgan fingerprint density at radius 2 is 1.90 bits per heavy atom. The van der Waals surface area contributed by atoms with E-state index < -0.39 is 15.9 Å². The van der Waals surface area contributed by atoms with Crippen molar-refractivity contribution >= 4 is 15.7 Å². The summed E-state index contributed by atoms with van der Waals surface area (Å²) < 4.78 is 27.1. The predicted molar refractivity (Wildman–Crippen MR) is 79.9 cm³/mol. The number of methoxy groups -OCH3 is 1. The van der Waals surface area contributed by atoms with Crippen LogP contribution in [-0.4, -0.2) is 57.0 Å². The third kappa shape index (κ3) is 6.14.